The van der Waals surface area contributed by atoms with E-state index in [1.54, 1.807) is 0 Å². The second kappa shape index (κ2) is 4.48. The lowest BCUT2D eigenvalue weighted by Crippen LogP contribution is -2.07. The van der Waals surface area contributed by atoms with Gasteiger partial charge in [0.15, 0.2) is 11.6 Å². The van der Waals surface area contributed by atoms with E-state index >= 15 is 0 Å². The van der Waals surface area contributed by atoms with E-state index < -0.39 is 17.2 Å². The topological polar surface area (TPSA) is 68.1 Å². The van der Waals surface area contributed by atoms with Crippen molar-refractivity contribution in [3.63, 3.8) is 0 Å². The molecule has 2 aromatic rings. The highest BCUT2D eigenvalue weighted by atomic mass is 19.1. The van der Waals surface area contributed by atoms with Gasteiger partial charge in [-0.25, -0.2) is 8.78 Å². The minimum absolute atomic E-state index is 0.0499. The van der Waals surface area contributed by atoms with Gasteiger partial charge in [-0.3, -0.25) is 4.79 Å². The van der Waals surface area contributed by atoms with Crippen LogP contribution in [0, 0.1) is 11.6 Å². The smallest absolute Gasteiger partial charge is 0.250 e. The molecule has 0 spiro atoms. The fourth-order valence-corrected chi connectivity index (χ4v) is 1.63. The van der Waals surface area contributed by atoms with E-state index in [1.807, 2.05) is 0 Å². The van der Waals surface area contributed by atoms with Crippen molar-refractivity contribution in [1.82, 2.24) is 4.98 Å². The second-order valence-electron chi connectivity index (χ2n) is 3.66. The Kier molecular flexibility index (Phi) is 3.01. The van der Waals surface area contributed by atoms with E-state index in [0.717, 1.165) is 18.2 Å². The molecule has 0 fully saturated rings. The second-order valence-corrected chi connectivity index (χ2v) is 3.66. The lowest BCUT2D eigenvalue weighted by Gasteiger charge is -2.07. The van der Waals surface area contributed by atoms with Crippen molar-refractivity contribution in [3.05, 3.63) is 46.3 Å². The van der Waals surface area contributed by atoms with Crippen molar-refractivity contribution >= 4 is 5.82 Å². The number of H-pyrrole nitrogens is 1. The van der Waals surface area contributed by atoms with Crippen LogP contribution < -0.4 is 16.0 Å². The number of halogens is 2. The molecule has 0 saturated heterocycles. The summed E-state index contributed by atoms with van der Waals surface area (Å²) in [7, 11) is 1.24. The summed E-state index contributed by atoms with van der Waals surface area (Å²) >= 11 is 0. The molecule has 94 valence electrons. The third-order valence-corrected chi connectivity index (χ3v) is 2.42. The highest BCUT2D eigenvalue weighted by Gasteiger charge is 2.12. The average Bonchev–Trinajstić information content (AvgIpc) is 2.30. The van der Waals surface area contributed by atoms with Crippen LogP contribution in [0.3, 0.4) is 0 Å². The number of ether oxygens (including phenoxy) is 1. The van der Waals surface area contributed by atoms with Crippen molar-refractivity contribution in [2.24, 2.45) is 0 Å². The summed E-state index contributed by atoms with van der Waals surface area (Å²) in [6.45, 7) is 0. The molecule has 0 aliphatic rings. The van der Waals surface area contributed by atoms with Gasteiger partial charge < -0.3 is 15.5 Å². The van der Waals surface area contributed by atoms with Crippen LogP contribution in [0.15, 0.2) is 29.1 Å². The molecule has 0 amide bonds. The summed E-state index contributed by atoms with van der Waals surface area (Å²) in [6, 6.07) is 4.37. The zero-order valence-electron chi connectivity index (χ0n) is 9.46. The van der Waals surface area contributed by atoms with Crippen LogP contribution in [-0.2, 0) is 0 Å². The number of methoxy groups -OCH3 is 1. The molecule has 0 saturated carbocycles. The predicted molar refractivity (Wildman–Crippen MR) is 63.4 cm³/mol. The minimum Gasteiger partial charge on any atom is -0.494 e. The van der Waals surface area contributed by atoms with Gasteiger partial charge in [-0.1, -0.05) is 0 Å². The van der Waals surface area contributed by atoms with Gasteiger partial charge in [0.05, 0.1) is 7.11 Å². The first-order valence-corrected chi connectivity index (χ1v) is 5.04. The van der Waals surface area contributed by atoms with Crippen LogP contribution >= 0.6 is 0 Å². The van der Waals surface area contributed by atoms with Gasteiger partial charge in [0.1, 0.15) is 11.6 Å². The van der Waals surface area contributed by atoms with Gasteiger partial charge in [-0.15, -0.1) is 0 Å². The number of anilines is 1. The van der Waals surface area contributed by atoms with Crippen LogP contribution in [0.5, 0.6) is 5.75 Å². The minimum atomic E-state index is -0.715. The Morgan fingerprint density at radius 1 is 1.17 bits per heavy atom. The van der Waals surface area contributed by atoms with Gasteiger partial charge >= 0.3 is 0 Å². The average molecular weight is 252 g/mol. The number of aromatic amines is 1. The standard InChI is InChI=1S/C12H10F2N2O2/c1-18-10-5-8(13)7(4-9(10)14)6-2-11(15)16-12(17)3-6/h2-5H,1H3,(H3,15,16,17). The van der Waals surface area contributed by atoms with Crippen LogP contribution in [-0.4, -0.2) is 12.1 Å². The molecule has 0 aliphatic carbocycles. The molecule has 6 heteroatoms. The van der Waals surface area contributed by atoms with Crippen LogP contribution in [0.25, 0.3) is 11.1 Å². The Morgan fingerprint density at radius 3 is 2.50 bits per heavy atom. The largest absolute Gasteiger partial charge is 0.494 e. The number of nitrogens with one attached hydrogen (secondary N) is 1. The third-order valence-electron chi connectivity index (χ3n) is 2.42. The Hall–Kier alpha value is -2.37. The predicted octanol–water partition coefficient (Wildman–Crippen LogP) is 1.91. The van der Waals surface area contributed by atoms with Crippen molar-refractivity contribution < 1.29 is 13.5 Å². The Bertz CT molecular complexity index is 653. The highest BCUT2D eigenvalue weighted by Crippen LogP contribution is 2.28. The van der Waals surface area contributed by atoms with Crippen LogP contribution in [0.4, 0.5) is 14.6 Å². The fraction of sp³-hybridized carbons (Fsp3) is 0.0833. The highest BCUT2D eigenvalue weighted by molar-refractivity contribution is 5.67. The summed E-state index contributed by atoms with van der Waals surface area (Å²) < 4.78 is 31.9. The zero-order chi connectivity index (χ0) is 13.3. The maximum absolute atomic E-state index is 13.8. The molecule has 4 nitrogen and oxygen atoms in total. The number of aromatic nitrogens is 1. The third kappa shape index (κ3) is 2.17. The number of hydrogen-bond donors (Lipinski definition) is 2. The lowest BCUT2D eigenvalue weighted by molar-refractivity contribution is 0.383. The summed E-state index contributed by atoms with van der Waals surface area (Å²) in [5, 5.41) is 0. The quantitative estimate of drug-likeness (QED) is 0.857. The van der Waals surface area contributed by atoms with E-state index in [-0.39, 0.29) is 22.7 Å². The monoisotopic (exact) mass is 252 g/mol. The molecule has 1 aromatic heterocycles. The summed E-state index contributed by atoms with van der Waals surface area (Å²) in [6.07, 6.45) is 0. The summed E-state index contributed by atoms with van der Waals surface area (Å²) in [5.41, 5.74) is 5.11. The first kappa shape index (κ1) is 12.1. The van der Waals surface area contributed by atoms with E-state index in [1.165, 1.54) is 13.2 Å². The first-order chi connectivity index (χ1) is 8.51. The SMILES string of the molecule is COc1cc(F)c(-c2cc(N)[nH]c(=O)c2)cc1F. The molecule has 0 atom stereocenters. The van der Waals surface area contributed by atoms with E-state index in [2.05, 4.69) is 9.72 Å². The number of hydrogen-bond acceptors (Lipinski definition) is 3. The van der Waals surface area contributed by atoms with Gasteiger partial charge in [0, 0.05) is 17.7 Å². The molecule has 18 heavy (non-hydrogen) atoms. The van der Waals surface area contributed by atoms with Crippen LogP contribution in [0.1, 0.15) is 0 Å². The van der Waals surface area contributed by atoms with E-state index in [4.69, 9.17) is 5.73 Å². The van der Waals surface area contributed by atoms with Crippen molar-refractivity contribution in [3.8, 4) is 16.9 Å². The Labute approximate surface area is 101 Å². The van der Waals surface area contributed by atoms with Gasteiger partial charge in [0.25, 0.3) is 0 Å². The summed E-state index contributed by atoms with van der Waals surface area (Å²) in [5.74, 6) is -1.53. The molecule has 1 heterocycles. The Balaban J connectivity index is 2.64. The van der Waals surface area contributed by atoms with Gasteiger partial charge in [-0.05, 0) is 17.7 Å². The van der Waals surface area contributed by atoms with Gasteiger partial charge in [0.2, 0.25) is 5.56 Å². The normalized spacial score (nSPS) is 10.4. The maximum atomic E-state index is 13.8. The number of nitrogens with two attached hydrogens (primary N) is 1. The van der Waals surface area contributed by atoms with E-state index in [0.29, 0.717) is 0 Å². The fourth-order valence-electron chi connectivity index (χ4n) is 1.63. The van der Waals surface area contributed by atoms with Crippen molar-refractivity contribution in [2.75, 3.05) is 12.8 Å². The molecule has 2 rings (SSSR count). The van der Waals surface area contributed by atoms with E-state index in [9.17, 15) is 13.6 Å². The molecule has 1 aromatic carbocycles. The maximum Gasteiger partial charge on any atom is 0.250 e. The molecule has 0 radical (unpaired) electrons. The number of rotatable bonds is 2. The summed E-state index contributed by atoms with van der Waals surface area (Å²) in [4.78, 5) is 13.5. The molecular formula is C12H10F2N2O2. The zero-order valence-corrected chi connectivity index (χ0v) is 9.46. The molecule has 0 aliphatic heterocycles. The first-order valence-electron chi connectivity index (χ1n) is 5.04. The van der Waals surface area contributed by atoms with Crippen molar-refractivity contribution in [1.29, 1.82) is 0 Å². The number of benzene rings is 1. The molecule has 0 bridgehead atoms. The van der Waals surface area contributed by atoms with Crippen LogP contribution in [0.2, 0.25) is 0 Å². The molecule has 0 unspecified atom stereocenters. The number of nitrogen functional groups attached to an aromatic ring is 1. The lowest BCUT2D eigenvalue weighted by atomic mass is 10.1. The van der Waals surface area contributed by atoms with Gasteiger partial charge in [-0.2, -0.15) is 0 Å². The molecular weight excluding hydrogens is 242 g/mol. The molecule has 3 N–H and O–H groups in total. The van der Waals surface area contributed by atoms with Crippen molar-refractivity contribution in [2.45, 2.75) is 0 Å². The Morgan fingerprint density at radius 2 is 1.89 bits per heavy atom. The number of pyridine rings is 1.